The van der Waals surface area contributed by atoms with Gasteiger partial charge < -0.3 is 5.32 Å². The van der Waals surface area contributed by atoms with Gasteiger partial charge in [-0.05, 0) is 36.6 Å². The summed E-state index contributed by atoms with van der Waals surface area (Å²) in [4.78, 5) is 0. The first kappa shape index (κ1) is 14.6. The molecule has 0 aliphatic carbocycles. The zero-order valence-corrected chi connectivity index (χ0v) is 12.6. The number of nitrogens with one attached hydrogen (secondary N) is 1. The fraction of sp³-hybridized carbons (Fsp3) is 0.600. The summed E-state index contributed by atoms with van der Waals surface area (Å²) in [5.41, 5.74) is 1.22. The lowest BCUT2D eigenvalue weighted by atomic mass is 10.0. The zero-order valence-electron chi connectivity index (χ0n) is 11.0. The maximum Gasteiger partial charge on any atom is 0.0341 e. The summed E-state index contributed by atoms with van der Waals surface area (Å²) in [6, 6.07) is 8.39. The van der Waals surface area contributed by atoms with Crippen molar-refractivity contribution in [3.05, 3.63) is 28.7 Å². The highest BCUT2D eigenvalue weighted by atomic mass is 79.9. The Labute approximate surface area is 114 Å². The average molecular weight is 298 g/mol. The summed E-state index contributed by atoms with van der Waals surface area (Å²) >= 11 is 3.45. The van der Waals surface area contributed by atoms with E-state index in [0.717, 1.165) is 16.9 Å². The normalized spacial score (nSPS) is 12.4. The summed E-state index contributed by atoms with van der Waals surface area (Å²) in [6.45, 7) is 5.67. The standard InChI is InChI=1S/C15H24BrN/c1-3-4-5-6-7-13(2)12-17-15-10-8-14(16)9-11-15/h8-11,13,17H,3-7,12H2,1-2H3. The minimum atomic E-state index is 0.760. The van der Waals surface area contributed by atoms with Gasteiger partial charge in [0.1, 0.15) is 0 Å². The molecule has 0 saturated carbocycles. The highest BCUT2D eigenvalue weighted by Crippen LogP contribution is 2.16. The van der Waals surface area contributed by atoms with Crippen LogP contribution < -0.4 is 5.32 Å². The molecule has 0 fully saturated rings. The maximum absolute atomic E-state index is 3.49. The van der Waals surface area contributed by atoms with Crippen LogP contribution in [0.5, 0.6) is 0 Å². The topological polar surface area (TPSA) is 12.0 Å². The molecule has 1 unspecified atom stereocenters. The summed E-state index contributed by atoms with van der Waals surface area (Å²) in [5, 5.41) is 3.49. The molecule has 0 saturated heterocycles. The summed E-state index contributed by atoms with van der Waals surface area (Å²) in [7, 11) is 0. The van der Waals surface area contributed by atoms with Crippen LogP contribution in [-0.4, -0.2) is 6.54 Å². The molecule has 0 aliphatic heterocycles. The Kier molecular flexibility index (Phi) is 7.34. The Bertz CT molecular complexity index is 294. The molecule has 1 nitrogen and oxygen atoms in total. The third-order valence-corrected chi connectivity index (χ3v) is 3.58. The van der Waals surface area contributed by atoms with Crippen molar-refractivity contribution in [1.29, 1.82) is 0 Å². The summed E-state index contributed by atoms with van der Waals surface area (Å²) in [5.74, 6) is 0.760. The first-order valence-electron chi connectivity index (χ1n) is 6.71. The molecular weight excluding hydrogens is 274 g/mol. The molecule has 1 atom stereocenters. The lowest BCUT2D eigenvalue weighted by molar-refractivity contribution is 0.508. The molecule has 1 aromatic rings. The average Bonchev–Trinajstić information content (AvgIpc) is 2.34. The van der Waals surface area contributed by atoms with E-state index in [1.165, 1.54) is 37.8 Å². The third kappa shape index (κ3) is 6.72. The second kappa shape index (κ2) is 8.57. The van der Waals surface area contributed by atoms with Crippen LogP contribution in [0.2, 0.25) is 0 Å². The van der Waals surface area contributed by atoms with E-state index in [-0.39, 0.29) is 0 Å². The van der Waals surface area contributed by atoms with Gasteiger partial charge >= 0.3 is 0 Å². The van der Waals surface area contributed by atoms with Crippen molar-refractivity contribution in [3.63, 3.8) is 0 Å². The molecule has 1 rings (SSSR count). The highest BCUT2D eigenvalue weighted by Gasteiger charge is 2.01. The van der Waals surface area contributed by atoms with Crippen LogP contribution >= 0.6 is 15.9 Å². The number of unbranched alkanes of at least 4 members (excludes halogenated alkanes) is 3. The molecule has 2 heteroatoms. The molecule has 0 aromatic heterocycles. The van der Waals surface area contributed by atoms with Gasteiger partial charge in [0, 0.05) is 16.7 Å². The van der Waals surface area contributed by atoms with E-state index in [1.54, 1.807) is 0 Å². The van der Waals surface area contributed by atoms with Crippen molar-refractivity contribution in [2.24, 2.45) is 5.92 Å². The third-order valence-electron chi connectivity index (χ3n) is 3.05. The Morgan fingerprint density at radius 3 is 2.47 bits per heavy atom. The molecule has 17 heavy (non-hydrogen) atoms. The number of hydrogen-bond acceptors (Lipinski definition) is 1. The van der Waals surface area contributed by atoms with E-state index in [1.807, 2.05) is 0 Å². The van der Waals surface area contributed by atoms with Crippen LogP contribution in [0.15, 0.2) is 28.7 Å². The number of rotatable bonds is 8. The number of hydrogen-bond donors (Lipinski definition) is 1. The van der Waals surface area contributed by atoms with Crippen molar-refractivity contribution in [3.8, 4) is 0 Å². The Morgan fingerprint density at radius 1 is 1.12 bits per heavy atom. The van der Waals surface area contributed by atoms with E-state index in [0.29, 0.717) is 0 Å². The van der Waals surface area contributed by atoms with E-state index < -0.39 is 0 Å². The van der Waals surface area contributed by atoms with Crippen molar-refractivity contribution < 1.29 is 0 Å². The quantitative estimate of drug-likeness (QED) is 0.628. The van der Waals surface area contributed by atoms with E-state index in [9.17, 15) is 0 Å². The Hall–Kier alpha value is -0.500. The molecule has 0 spiro atoms. The second-order valence-corrected chi connectivity index (χ2v) is 5.76. The van der Waals surface area contributed by atoms with Crippen molar-refractivity contribution in [2.45, 2.75) is 46.0 Å². The summed E-state index contributed by atoms with van der Waals surface area (Å²) in [6.07, 6.45) is 6.80. The van der Waals surface area contributed by atoms with Gasteiger partial charge in [0.2, 0.25) is 0 Å². The molecule has 96 valence electrons. The van der Waals surface area contributed by atoms with Crippen LogP contribution in [0.4, 0.5) is 5.69 Å². The smallest absolute Gasteiger partial charge is 0.0341 e. The minimum Gasteiger partial charge on any atom is -0.385 e. The van der Waals surface area contributed by atoms with Crippen LogP contribution in [0.25, 0.3) is 0 Å². The second-order valence-electron chi connectivity index (χ2n) is 4.84. The molecule has 0 radical (unpaired) electrons. The first-order chi connectivity index (χ1) is 8.22. The van der Waals surface area contributed by atoms with Crippen molar-refractivity contribution in [2.75, 3.05) is 11.9 Å². The van der Waals surface area contributed by atoms with Crippen LogP contribution in [0, 0.1) is 5.92 Å². The molecule has 1 aromatic carbocycles. The monoisotopic (exact) mass is 297 g/mol. The molecule has 0 aliphatic rings. The van der Waals surface area contributed by atoms with Gasteiger partial charge in [0.25, 0.3) is 0 Å². The van der Waals surface area contributed by atoms with Crippen molar-refractivity contribution >= 4 is 21.6 Å². The SMILES string of the molecule is CCCCCCC(C)CNc1ccc(Br)cc1. The lowest BCUT2D eigenvalue weighted by Gasteiger charge is -2.13. The number of halogens is 1. The molecule has 0 bridgehead atoms. The highest BCUT2D eigenvalue weighted by molar-refractivity contribution is 9.10. The molecule has 1 N–H and O–H groups in total. The maximum atomic E-state index is 3.49. The Morgan fingerprint density at radius 2 is 1.82 bits per heavy atom. The lowest BCUT2D eigenvalue weighted by Crippen LogP contribution is -2.11. The van der Waals surface area contributed by atoms with Crippen LogP contribution in [-0.2, 0) is 0 Å². The first-order valence-corrected chi connectivity index (χ1v) is 7.51. The van der Waals surface area contributed by atoms with Crippen LogP contribution in [0.1, 0.15) is 46.0 Å². The van der Waals surface area contributed by atoms with Crippen LogP contribution in [0.3, 0.4) is 0 Å². The minimum absolute atomic E-state index is 0.760. The largest absolute Gasteiger partial charge is 0.385 e. The summed E-state index contributed by atoms with van der Waals surface area (Å²) < 4.78 is 1.13. The molecule has 0 amide bonds. The Balaban J connectivity index is 2.14. The van der Waals surface area contributed by atoms with Gasteiger partial charge in [0.05, 0.1) is 0 Å². The fourth-order valence-electron chi connectivity index (χ4n) is 1.88. The van der Waals surface area contributed by atoms with Gasteiger partial charge in [-0.1, -0.05) is 55.5 Å². The van der Waals surface area contributed by atoms with Gasteiger partial charge in [-0.2, -0.15) is 0 Å². The zero-order chi connectivity index (χ0) is 12.5. The van der Waals surface area contributed by atoms with E-state index in [4.69, 9.17) is 0 Å². The number of benzene rings is 1. The molecule has 0 heterocycles. The molecular formula is C15H24BrN. The van der Waals surface area contributed by atoms with E-state index in [2.05, 4.69) is 59.4 Å². The predicted octanol–water partition coefficient (Wildman–Crippen LogP) is 5.47. The number of anilines is 1. The fourth-order valence-corrected chi connectivity index (χ4v) is 2.15. The van der Waals surface area contributed by atoms with Gasteiger partial charge in [-0.25, -0.2) is 0 Å². The van der Waals surface area contributed by atoms with Gasteiger partial charge in [-0.3, -0.25) is 0 Å². The van der Waals surface area contributed by atoms with E-state index >= 15 is 0 Å². The van der Waals surface area contributed by atoms with Crippen molar-refractivity contribution in [1.82, 2.24) is 0 Å². The predicted molar refractivity (Wildman–Crippen MR) is 80.6 cm³/mol. The van der Waals surface area contributed by atoms with Gasteiger partial charge in [-0.15, -0.1) is 0 Å². The van der Waals surface area contributed by atoms with Gasteiger partial charge in [0.15, 0.2) is 0 Å².